The molecule has 1 aliphatic rings. The van der Waals surface area contributed by atoms with Crippen LogP contribution in [0.25, 0.3) is 33.4 Å². The Morgan fingerprint density at radius 2 is 1.60 bits per heavy atom. The minimum Gasteiger partial charge on any atom is -0.378 e. The highest BCUT2D eigenvalue weighted by atomic mass is 19.1. The molecule has 5 aromatic rings. The molecule has 2 N–H and O–H groups in total. The molecule has 3 aromatic carbocycles. The molecule has 0 spiro atoms. The van der Waals surface area contributed by atoms with Crippen LogP contribution >= 0.6 is 0 Å². The van der Waals surface area contributed by atoms with Crippen molar-refractivity contribution >= 4 is 40.0 Å². The second-order valence-electron chi connectivity index (χ2n) is 10.5. The lowest BCUT2D eigenvalue weighted by atomic mass is 10.1. The van der Waals surface area contributed by atoms with E-state index in [4.69, 9.17) is 4.74 Å². The Morgan fingerprint density at radius 3 is 2.31 bits per heavy atom. The van der Waals surface area contributed by atoms with E-state index in [1.54, 1.807) is 38.6 Å². The normalized spacial score (nSPS) is 13.0. The molecule has 0 bridgehead atoms. The van der Waals surface area contributed by atoms with E-state index >= 15 is 8.78 Å². The summed E-state index contributed by atoms with van der Waals surface area (Å²) in [6.07, 6.45) is 4.79. The summed E-state index contributed by atoms with van der Waals surface area (Å²) in [7, 11) is 3.27. The fourth-order valence-electron chi connectivity index (χ4n) is 4.93. The number of nitrogens with zero attached hydrogens (tertiary/aromatic N) is 6. The van der Waals surface area contributed by atoms with E-state index in [2.05, 4.69) is 30.6 Å². The Bertz CT molecular complexity index is 1880. The predicted molar refractivity (Wildman–Crippen MR) is 166 cm³/mol. The second-order valence-corrected chi connectivity index (χ2v) is 10.5. The Morgan fingerprint density at radius 1 is 0.867 bits per heavy atom. The number of morpholine rings is 1. The summed E-state index contributed by atoms with van der Waals surface area (Å²) in [5.41, 5.74) is 2.38. The van der Waals surface area contributed by atoms with Crippen molar-refractivity contribution in [2.75, 3.05) is 55.9 Å². The quantitative estimate of drug-likeness (QED) is 0.268. The number of halogens is 2. The largest absolute Gasteiger partial charge is 0.378 e. The highest BCUT2D eigenvalue weighted by Crippen LogP contribution is 2.33. The summed E-state index contributed by atoms with van der Waals surface area (Å²) in [4.78, 5) is 45.6. The Kier molecular flexibility index (Phi) is 8.25. The number of rotatable bonds is 6. The number of carbonyl (C=O) groups is 2. The molecular weight excluding hydrogens is 582 g/mol. The standard InChI is InChI=1S/C32H28F2N8O3/c1-41(2)31(43)19-3-6-22(7-4-19)37-32(44)39-28-15-25(33)24(14-26(28)34)29-38-27-13-20(21-16-35-18-36-17-21)5-8-23(27)30(40-29)42-9-11-45-12-10-42/h3-8,13-18H,9-12H2,1-2H3,(H2,37,39,44). The average Bonchev–Trinajstić information content (AvgIpc) is 3.06. The molecule has 3 heterocycles. The molecule has 1 saturated heterocycles. The lowest BCUT2D eigenvalue weighted by molar-refractivity contribution is 0.0827. The number of urea groups is 1. The Labute approximate surface area is 256 Å². The first-order valence-corrected chi connectivity index (χ1v) is 14.1. The van der Waals surface area contributed by atoms with Crippen LogP contribution in [-0.4, -0.2) is 77.2 Å². The van der Waals surface area contributed by atoms with Crippen molar-refractivity contribution in [3.63, 3.8) is 0 Å². The summed E-state index contributed by atoms with van der Waals surface area (Å²) >= 11 is 0. The summed E-state index contributed by atoms with van der Waals surface area (Å²) < 4.78 is 36.4. The van der Waals surface area contributed by atoms with E-state index in [1.807, 2.05) is 23.1 Å². The van der Waals surface area contributed by atoms with Gasteiger partial charge in [0.05, 0.1) is 30.0 Å². The van der Waals surface area contributed by atoms with Gasteiger partial charge in [-0.3, -0.25) is 4.79 Å². The van der Waals surface area contributed by atoms with Crippen LogP contribution in [0.4, 0.5) is 30.8 Å². The number of hydrogen-bond acceptors (Lipinski definition) is 8. The van der Waals surface area contributed by atoms with E-state index in [-0.39, 0.29) is 23.0 Å². The smallest absolute Gasteiger partial charge is 0.323 e. The third kappa shape index (κ3) is 6.38. The first-order chi connectivity index (χ1) is 21.8. The number of fused-ring (bicyclic) bond motifs is 1. The van der Waals surface area contributed by atoms with Crippen LogP contribution < -0.4 is 15.5 Å². The summed E-state index contributed by atoms with van der Waals surface area (Å²) in [5, 5.41) is 5.63. The van der Waals surface area contributed by atoms with Gasteiger partial charge in [0.25, 0.3) is 5.91 Å². The van der Waals surface area contributed by atoms with E-state index in [1.165, 1.54) is 23.4 Å². The molecular formula is C32H28F2N8O3. The molecule has 228 valence electrons. The van der Waals surface area contributed by atoms with Crippen LogP contribution in [0.2, 0.25) is 0 Å². The first kappa shape index (κ1) is 29.5. The zero-order valence-electron chi connectivity index (χ0n) is 24.4. The minimum atomic E-state index is -0.875. The number of hydrogen-bond donors (Lipinski definition) is 2. The molecule has 11 nitrogen and oxygen atoms in total. The molecule has 6 rings (SSSR count). The maximum Gasteiger partial charge on any atom is 0.323 e. The highest BCUT2D eigenvalue weighted by Gasteiger charge is 2.22. The molecule has 2 aromatic heterocycles. The Balaban J connectivity index is 1.30. The van der Waals surface area contributed by atoms with E-state index in [0.717, 1.165) is 28.6 Å². The third-order valence-electron chi connectivity index (χ3n) is 7.22. The molecule has 1 aliphatic heterocycles. The van der Waals surface area contributed by atoms with E-state index < -0.39 is 17.7 Å². The third-order valence-corrected chi connectivity index (χ3v) is 7.22. The molecule has 0 radical (unpaired) electrons. The molecule has 13 heteroatoms. The van der Waals surface area contributed by atoms with Crippen molar-refractivity contribution in [1.29, 1.82) is 0 Å². The fourth-order valence-corrected chi connectivity index (χ4v) is 4.93. The van der Waals surface area contributed by atoms with Gasteiger partial charge in [0.1, 0.15) is 23.8 Å². The number of ether oxygens (including phenoxy) is 1. The number of amides is 3. The monoisotopic (exact) mass is 610 g/mol. The van der Waals surface area contributed by atoms with Crippen molar-refractivity contribution in [2.45, 2.75) is 0 Å². The summed E-state index contributed by atoms with van der Waals surface area (Å²) in [5.74, 6) is -1.32. The van der Waals surface area contributed by atoms with Gasteiger partial charge >= 0.3 is 6.03 Å². The van der Waals surface area contributed by atoms with Crippen molar-refractivity contribution in [1.82, 2.24) is 24.8 Å². The zero-order valence-corrected chi connectivity index (χ0v) is 24.4. The molecule has 0 saturated carbocycles. The molecule has 45 heavy (non-hydrogen) atoms. The summed E-state index contributed by atoms with van der Waals surface area (Å²) in [6, 6.07) is 12.9. The van der Waals surface area contributed by atoms with Crippen molar-refractivity contribution in [3.8, 4) is 22.5 Å². The molecule has 1 fully saturated rings. The molecule has 0 aliphatic carbocycles. The maximum atomic E-state index is 15.6. The van der Waals surface area contributed by atoms with Crippen molar-refractivity contribution in [2.24, 2.45) is 0 Å². The number of aromatic nitrogens is 4. The van der Waals surface area contributed by atoms with Gasteiger partial charge in [-0.1, -0.05) is 6.07 Å². The number of anilines is 3. The predicted octanol–water partition coefficient (Wildman–Crippen LogP) is 5.21. The van der Waals surface area contributed by atoms with Gasteiger partial charge < -0.3 is 25.2 Å². The van der Waals surface area contributed by atoms with Crippen LogP contribution in [0, 0.1) is 11.6 Å². The SMILES string of the molecule is CN(C)C(=O)c1ccc(NC(=O)Nc2cc(F)c(-c3nc(N4CCOCC4)c4ccc(-c5cncnc5)cc4n3)cc2F)cc1. The number of carbonyl (C=O) groups excluding carboxylic acids is 2. The lowest BCUT2D eigenvalue weighted by Crippen LogP contribution is -2.37. The molecule has 3 amide bonds. The van der Waals surface area contributed by atoms with Crippen molar-refractivity contribution < 1.29 is 23.1 Å². The minimum absolute atomic E-state index is 0.00906. The van der Waals surface area contributed by atoms with Gasteiger partial charge in [0.2, 0.25) is 0 Å². The second kappa shape index (κ2) is 12.6. The van der Waals surface area contributed by atoms with E-state index in [9.17, 15) is 9.59 Å². The van der Waals surface area contributed by atoms with Crippen LogP contribution in [0.5, 0.6) is 0 Å². The van der Waals surface area contributed by atoms with Crippen LogP contribution in [-0.2, 0) is 4.74 Å². The Hall–Kier alpha value is -5.56. The number of nitrogens with one attached hydrogen (secondary N) is 2. The molecule has 0 atom stereocenters. The van der Waals surface area contributed by atoms with Gasteiger partial charge in [-0.2, -0.15) is 0 Å². The fraction of sp³-hybridized carbons (Fsp3) is 0.188. The van der Waals surface area contributed by atoms with Gasteiger partial charge in [-0.25, -0.2) is 33.5 Å². The summed E-state index contributed by atoms with van der Waals surface area (Å²) in [6.45, 7) is 2.15. The number of benzene rings is 3. The van der Waals surface area contributed by atoms with Crippen LogP contribution in [0.15, 0.2) is 73.3 Å². The van der Waals surface area contributed by atoms with Crippen molar-refractivity contribution in [3.05, 3.63) is 90.5 Å². The molecule has 0 unspecified atom stereocenters. The van der Waals surface area contributed by atoms with Crippen LogP contribution in [0.3, 0.4) is 0 Å². The topological polar surface area (TPSA) is 125 Å². The highest BCUT2D eigenvalue weighted by molar-refractivity contribution is 6.01. The maximum absolute atomic E-state index is 15.6. The van der Waals surface area contributed by atoms with Gasteiger partial charge in [0.15, 0.2) is 5.82 Å². The van der Waals surface area contributed by atoms with E-state index in [0.29, 0.717) is 48.9 Å². The van der Waals surface area contributed by atoms with Gasteiger partial charge in [-0.05, 0) is 48.0 Å². The van der Waals surface area contributed by atoms with Gasteiger partial charge in [0, 0.05) is 67.8 Å². The lowest BCUT2D eigenvalue weighted by Gasteiger charge is -2.29. The zero-order chi connectivity index (χ0) is 31.5. The van der Waals surface area contributed by atoms with Gasteiger partial charge in [-0.15, -0.1) is 0 Å². The average molecular weight is 611 g/mol. The first-order valence-electron chi connectivity index (χ1n) is 14.1. The van der Waals surface area contributed by atoms with Crippen LogP contribution in [0.1, 0.15) is 10.4 Å².